The van der Waals surface area contributed by atoms with Crippen LogP contribution in [0.4, 0.5) is 0 Å². The molecule has 12 nitrogen and oxygen atoms in total. The SMILES string of the molecule is CCCC[S-].CCCC[S-].C[Si](C)(C)N(C(=NC1CCCCC1)[N-]C1CCCCC1)[Si](C)(C)C.C[Si](C)(C)N(C(=NC1CCCCC1)[N-]C1CCCCC1)[Si](C)(C)C.C[Si](C)(C)N(C(=NC1CCCCC1)[N-]C1CCCCC1)[Si](C)(C)C.C[Si](C)(C)N(C(=NC1CCCCC1)[N-]C1CCCCC1)[Si](C)(C)C.[Y+3].[Y+3]. The van der Waals surface area contributed by atoms with Crippen LogP contribution >= 0.6 is 0 Å². The topological polar surface area (TPSA) is 119 Å². The van der Waals surface area contributed by atoms with Gasteiger partial charge in [-0.3, -0.25) is 0 Å². The van der Waals surface area contributed by atoms with Crippen LogP contribution in [0.2, 0.25) is 157 Å². The normalized spacial score (nSPS) is 20.8. The largest absolute Gasteiger partial charge is 3.00 e. The van der Waals surface area contributed by atoms with E-state index in [1.165, 1.54) is 283 Å². The number of nitrogens with zero attached hydrogens (tertiary/aromatic N) is 12. The number of unbranched alkanes of at least 4 members (excludes halogenated alkanes) is 2. The molecule has 0 spiro atoms. The summed E-state index contributed by atoms with van der Waals surface area (Å²) in [7, 11) is -11.9. The maximum absolute atomic E-state index is 5.31. The van der Waals surface area contributed by atoms with Gasteiger partial charge in [-0.25, -0.2) is 0 Å². The third kappa shape index (κ3) is 44.7. The average Bonchev–Trinajstić information content (AvgIpc) is 0.817. The predicted molar refractivity (Wildman–Crippen MR) is 507 cm³/mol. The van der Waals surface area contributed by atoms with Crippen molar-refractivity contribution in [3.05, 3.63) is 21.3 Å². The minimum Gasteiger partial charge on any atom is -0.793 e. The summed E-state index contributed by atoms with van der Waals surface area (Å²) in [6, 6.07) is 4.19. The Hall–Kier alpha value is 1.72. The molecule has 0 aromatic rings. The van der Waals surface area contributed by atoms with Crippen LogP contribution in [0, 0.1) is 0 Å². The first-order chi connectivity index (χ1) is 49.5. The van der Waals surface area contributed by atoms with Crippen molar-refractivity contribution in [2.45, 2.75) is 502 Å². The van der Waals surface area contributed by atoms with Crippen molar-refractivity contribution in [1.29, 1.82) is 0 Å². The molecule has 24 heteroatoms. The molecule has 0 atom stereocenters. The van der Waals surface area contributed by atoms with E-state index in [1.807, 2.05) is 0 Å². The van der Waals surface area contributed by atoms with Crippen molar-refractivity contribution in [2.75, 3.05) is 11.5 Å². The van der Waals surface area contributed by atoms with E-state index in [0.717, 1.165) is 35.3 Å². The molecule has 0 aromatic heterocycles. The first-order valence-corrected chi connectivity index (χ1v) is 73.8. The van der Waals surface area contributed by atoms with Crippen LogP contribution in [-0.2, 0) is 90.7 Å². The van der Waals surface area contributed by atoms with Gasteiger partial charge in [0, 0.05) is 23.8 Å². The van der Waals surface area contributed by atoms with Crippen LogP contribution in [0.3, 0.4) is 0 Å². The molecule has 8 aliphatic carbocycles. The van der Waals surface area contributed by atoms with Crippen molar-refractivity contribution in [2.24, 2.45) is 20.0 Å². The van der Waals surface area contributed by atoms with Gasteiger partial charge in [-0.05, 0) is 151 Å². The van der Waals surface area contributed by atoms with E-state index in [2.05, 4.69) is 213 Å². The smallest absolute Gasteiger partial charge is 0.793 e. The second kappa shape index (κ2) is 54.8. The Kier molecular flexibility index (Phi) is 54.7. The van der Waals surface area contributed by atoms with E-state index in [1.54, 1.807) is 0 Å². The number of aliphatic imine (C=N–C) groups is 4. The van der Waals surface area contributed by atoms with Crippen LogP contribution in [-0.4, -0.2) is 166 Å². The van der Waals surface area contributed by atoms with Crippen LogP contribution < -0.4 is 0 Å². The Morgan fingerprint density at radius 2 is 0.370 bits per heavy atom. The first kappa shape index (κ1) is 108. The van der Waals surface area contributed by atoms with Gasteiger partial charge in [0.15, 0.2) is 0 Å². The minimum absolute atomic E-state index is 0. The molecule has 8 aliphatic rings. The van der Waals surface area contributed by atoms with E-state index in [0.29, 0.717) is 48.3 Å². The quantitative estimate of drug-likeness (QED) is 0.0518. The molecule has 0 unspecified atom stereocenters. The summed E-state index contributed by atoms with van der Waals surface area (Å²) in [5.74, 6) is 6.49. The van der Waals surface area contributed by atoms with Crippen LogP contribution in [0.1, 0.15) is 296 Å². The van der Waals surface area contributed by atoms with E-state index in [4.69, 9.17) is 41.2 Å². The molecule has 0 radical (unpaired) electrons. The summed E-state index contributed by atoms with van der Waals surface area (Å²) in [4.78, 5) is 21.2. The van der Waals surface area contributed by atoms with Gasteiger partial charge in [0.25, 0.3) is 0 Å². The zero-order valence-electron chi connectivity index (χ0n) is 76.5. The molecule has 0 aliphatic heterocycles. The monoisotopic (exact) mass is 1820 g/mol. The van der Waals surface area contributed by atoms with Gasteiger partial charge in [0.1, 0.15) is 0 Å². The molecule has 8 fully saturated rings. The summed E-state index contributed by atoms with van der Waals surface area (Å²) in [5.41, 5.74) is 0. The molecule has 0 saturated heterocycles. The third-order valence-electron chi connectivity index (χ3n) is 22.1. The van der Waals surface area contributed by atoms with Gasteiger partial charge in [0.2, 0.25) is 0 Å². The molecule has 0 N–H and O–H groups in total. The number of guanidine groups is 4. The minimum atomic E-state index is -1.48. The molecular formula is C84H178N12S2Si8Y2. The van der Waals surface area contributed by atoms with Gasteiger partial charge in [-0.15, -0.1) is 0 Å². The van der Waals surface area contributed by atoms with Gasteiger partial charge >= 0.3 is 65.4 Å². The maximum atomic E-state index is 5.31. The second-order valence-corrected chi connectivity index (χ2v) is 82.3. The molecule has 8 saturated carbocycles. The summed E-state index contributed by atoms with van der Waals surface area (Å²) in [5, 5.41) is 21.2. The zero-order valence-corrected chi connectivity index (χ0v) is 91.8. The van der Waals surface area contributed by atoms with E-state index < -0.39 is 65.9 Å². The Morgan fingerprint density at radius 1 is 0.241 bits per heavy atom. The molecular weight excluding hydrogens is 1640 g/mol. The van der Waals surface area contributed by atoms with Gasteiger partial charge in [-0.2, -0.15) is 11.5 Å². The van der Waals surface area contributed by atoms with E-state index in [9.17, 15) is 0 Å². The van der Waals surface area contributed by atoms with Crippen molar-refractivity contribution >= 4 is 115 Å². The van der Waals surface area contributed by atoms with Crippen LogP contribution in [0.25, 0.3) is 21.3 Å². The summed E-state index contributed by atoms with van der Waals surface area (Å²) in [6.07, 6.45) is 58.0. The Balaban J connectivity index is 0.000000685. The molecule has 0 aromatic carbocycles. The standard InChI is InChI=1S/4C19H40N3Si2.2C4H10S.2Y/c4*1-23(2,3)22(24(4,5)6)19(20-17-13-9-7-10-14-17)21-18-15-11-8-12-16-18;2*1-2-3-4-5;;/h4*17-18H,7-16H2,1-6H3;2*5H,2-4H2,1H3;;/q4*-1;;;2*+3/p-2. The Morgan fingerprint density at radius 3 is 0.472 bits per heavy atom. The van der Waals surface area contributed by atoms with Crippen LogP contribution in [0.15, 0.2) is 20.0 Å². The first-order valence-electron chi connectivity index (χ1n) is 45.1. The second-order valence-electron chi connectivity index (χ2n) is 41.4. The Bertz CT molecular complexity index is 2040. The fourth-order valence-electron chi connectivity index (χ4n) is 18.3. The third-order valence-corrected chi connectivity index (χ3v) is 51.2. The molecule has 0 heterocycles. The molecule has 624 valence electrons. The zero-order chi connectivity index (χ0) is 79.4. The Labute approximate surface area is 744 Å². The molecule has 0 amide bonds. The molecule has 8 rings (SSSR count). The van der Waals surface area contributed by atoms with Gasteiger partial charge < -0.3 is 83.4 Å². The number of hydrogen-bond donors (Lipinski definition) is 0. The maximum Gasteiger partial charge on any atom is 3.00 e. The van der Waals surface area contributed by atoms with Crippen LogP contribution in [0.5, 0.6) is 0 Å². The van der Waals surface area contributed by atoms with Gasteiger partial charge in [0.05, 0.1) is 65.9 Å². The summed E-state index contributed by atoms with van der Waals surface area (Å²) in [6.45, 7) is 63.6. The van der Waals surface area contributed by atoms with E-state index in [-0.39, 0.29) is 65.4 Å². The van der Waals surface area contributed by atoms with Crippen molar-refractivity contribution in [3.8, 4) is 0 Å². The van der Waals surface area contributed by atoms with Gasteiger partial charge in [-0.1, -0.05) is 351 Å². The number of hydrogen-bond acceptors (Lipinski definition) is 6. The fourth-order valence-corrected chi connectivity index (χ4v) is 56.8. The predicted octanol–water partition coefficient (Wildman–Crippen LogP) is 28.1. The average molecular weight is 1820 g/mol. The molecule has 108 heavy (non-hydrogen) atoms. The van der Waals surface area contributed by atoms with E-state index >= 15 is 0 Å². The summed E-state index contributed by atoms with van der Waals surface area (Å²) < 4.78 is 11.0. The van der Waals surface area contributed by atoms with Crippen molar-refractivity contribution in [1.82, 2.24) is 16.9 Å². The number of rotatable bonds is 20. The molecule has 0 bridgehead atoms. The van der Waals surface area contributed by atoms with Crippen molar-refractivity contribution < 1.29 is 65.4 Å². The fraction of sp³-hybridized carbons (Fsp3) is 0.952. The summed E-state index contributed by atoms with van der Waals surface area (Å²) >= 11 is 9.30. The van der Waals surface area contributed by atoms with Crippen molar-refractivity contribution in [3.63, 3.8) is 0 Å².